The van der Waals surface area contributed by atoms with Gasteiger partial charge < -0.3 is 10.2 Å². The van der Waals surface area contributed by atoms with Gasteiger partial charge in [-0.05, 0) is 55.3 Å². The zero-order valence-electron chi connectivity index (χ0n) is 15.8. The number of anilines is 2. The largest absolute Gasteiger partial charge is 0.341 e. The summed E-state index contributed by atoms with van der Waals surface area (Å²) in [6.07, 6.45) is 5.08. The molecule has 0 unspecified atom stereocenters. The van der Waals surface area contributed by atoms with Gasteiger partial charge in [0.25, 0.3) is 0 Å². The molecule has 2 heterocycles. The first-order valence-electron chi connectivity index (χ1n) is 9.54. The molecule has 0 atom stereocenters. The Balaban J connectivity index is 1.30. The van der Waals surface area contributed by atoms with Crippen molar-refractivity contribution in [2.24, 2.45) is 5.92 Å². The summed E-state index contributed by atoms with van der Waals surface area (Å²) < 4.78 is 0. The van der Waals surface area contributed by atoms with Crippen molar-refractivity contribution in [3.63, 3.8) is 0 Å². The fraction of sp³-hybridized carbons (Fsp3) is 0.227. The first-order valence-corrected chi connectivity index (χ1v) is 10.7. The van der Waals surface area contributed by atoms with E-state index >= 15 is 0 Å². The molecule has 0 spiro atoms. The van der Waals surface area contributed by atoms with Crippen LogP contribution in [0.5, 0.6) is 0 Å². The molecule has 0 bridgehead atoms. The van der Waals surface area contributed by atoms with E-state index in [1.807, 2.05) is 54.6 Å². The van der Waals surface area contributed by atoms with E-state index < -0.39 is 0 Å². The Bertz CT molecular complexity index is 960. The summed E-state index contributed by atoms with van der Waals surface area (Å²) in [6.45, 7) is 1.57. The Labute approximate surface area is 179 Å². The van der Waals surface area contributed by atoms with Crippen molar-refractivity contribution in [2.45, 2.75) is 22.6 Å². The molecule has 0 aliphatic carbocycles. The average Bonchev–Trinajstić information content (AvgIpc) is 2.77. The Hall–Kier alpha value is -2.57. The molecule has 1 fully saturated rings. The highest BCUT2D eigenvalue weighted by Gasteiger charge is 2.26. The fourth-order valence-electron chi connectivity index (χ4n) is 3.30. The summed E-state index contributed by atoms with van der Waals surface area (Å²) in [7, 11) is 0. The first kappa shape index (κ1) is 19.7. The van der Waals surface area contributed by atoms with E-state index in [4.69, 9.17) is 11.6 Å². The van der Waals surface area contributed by atoms with Crippen molar-refractivity contribution in [3.8, 4) is 0 Å². The van der Waals surface area contributed by atoms with Crippen LogP contribution in [0.4, 0.5) is 11.6 Å². The van der Waals surface area contributed by atoms with Gasteiger partial charge in [-0.3, -0.25) is 4.79 Å². The van der Waals surface area contributed by atoms with Gasteiger partial charge >= 0.3 is 0 Å². The predicted octanol–water partition coefficient (Wildman–Crippen LogP) is 5.14. The molecule has 3 aromatic rings. The Morgan fingerprint density at radius 1 is 1.00 bits per heavy atom. The molecule has 29 heavy (non-hydrogen) atoms. The van der Waals surface area contributed by atoms with Gasteiger partial charge in [-0.15, -0.1) is 0 Å². The van der Waals surface area contributed by atoms with Crippen molar-refractivity contribution in [1.29, 1.82) is 0 Å². The summed E-state index contributed by atoms with van der Waals surface area (Å²) in [4.78, 5) is 25.4. The van der Waals surface area contributed by atoms with E-state index in [9.17, 15) is 4.79 Å². The van der Waals surface area contributed by atoms with Crippen molar-refractivity contribution < 1.29 is 4.79 Å². The summed E-state index contributed by atoms with van der Waals surface area (Å²) in [5.41, 5.74) is 0.812. The maximum Gasteiger partial charge on any atom is 0.227 e. The lowest BCUT2D eigenvalue weighted by molar-refractivity contribution is -0.120. The number of carbonyl (C=O) groups is 1. The van der Waals surface area contributed by atoms with Gasteiger partial charge in [0.1, 0.15) is 0 Å². The monoisotopic (exact) mass is 424 g/mol. The normalized spacial score (nSPS) is 14.6. The second kappa shape index (κ2) is 9.29. The van der Waals surface area contributed by atoms with Crippen LogP contribution in [0.3, 0.4) is 0 Å². The lowest BCUT2D eigenvalue weighted by atomic mass is 9.96. The van der Waals surface area contributed by atoms with Crippen LogP contribution in [0.15, 0.2) is 76.8 Å². The number of nitrogens with zero attached hydrogens (tertiary/aromatic N) is 3. The zero-order chi connectivity index (χ0) is 20.1. The molecular weight excluding hydrogens is 404 g/mol. The highest BCUT2D eigenvalue weighted by Crippen LogP contribution is 2.33. The van der Waals surface area contributed by atoms with E-state index in [0.29, 0.717) is 0 Å². The number of nitrogens with one attached hydrogen (secondary N) is 1. The standard InChI is InChI=1S/C22H21ClN4OS/c23-19-4-1-2-5-20(19)29-18-8-6-17(7-9-18)26-21(28)16-10-14-27(15-11-16)22-24-12-3-13-25-22/h1-9,12-13,16H,10-11,14-15H2,(H,26,28). The molecule has 1 aliphatic heterocycles. The van der Waals surface area contributed by atoms with Crippen molar-refractivity contribution in [3.05, 3.63) is 72.0 Å². The number of piperidine rings is 1. The number of hydrogen-bond acceptors (Lipinski definition) is 5. The smallest absolute Gasteiger partial charge is 0.227 e. The molecule has 1 aromatic heterocycles. The summed E-state index contributed by atoms with van der Waals surface area (Å²) in [6, 6.07) is 17.4. The van der Waals surface area contributed by atoms with Gasteiger partial charge in [0.2, 0.25) is 11.9 Å². The summed E-state index contributed by atoms with van der Waals surface area (Å²) in [5, 5.41) is 3.78. The van der Waals surface area contributed by atoms with Gasteiger partial charge in [0.15, 0.2) is 0 Å². The summed E-state index contributed by atoms with van der Waals surface area (Å²) in [5.74, 6) is 0.815. The molecule has 1 aliphatic rings. The molecular formula is C22H21ClN4OS. The highest BCUT2D eigenvalue weighted by atomic mass is 35.5. The van der Waals surface area contributed by atoms with E-state index in [1.54, 1.807) is 24.2 Å². The number of halogens is 1. The fourth-order valence-corrected chi connectivity index (χ4v) is 4.39. The molecule has 1 amide bonds. The molecule has 4 rings (SSSR count). The summed E-state index contributed by atoms with van der Waals surface area (Å²) >= 11 is 7.83. The second-order valence-corrected chi connectivity index (χ2v) is 8.38. The van der Waals surface area contributed by atoms with Gasteiger partial charge in [0, 0.05) is 46.9 Å². The van der Waals surface area contributed by atoms with E-state index in [-0.39, 0.29) is 11.8 Å². The predicted molar refractivity (Wildman–Crippen MR) is 118 cm³/mol. The number of benzene rings is 2. The number of aromatic nitrogens is 2. The topological polar surface area (TPSA) is 58.1 Å². The maximum atomic E-state index is 12.6. The van der Waals surface area contributed by atoms with Crippen molar-refractivity contribution in [2.75, 3.05) is 23.3 Å². The van der Waals surface area contributed by atoms with Crippen LogP contribution < -0.4 is 10.2 Å². The lowest BCUT2D eigenvalue weighted by Crippen LogP contribution is -2.38. The minimum absolute atomic E-state index is 0.00661. The first-order chi connectivity index (χ1) is 14.2. The maximum absolute atomic E-state index is 12.6. The van der Waals surface area contributed by atoms with Crippen molar-refractivity contribution >= 4 is 40.9 Å². The number of rotatable bonds is 5. The Kier molecular flexibility index (Phi) is 6.32. The number of amides is 1. The van der Waals surface area contributed by atoms with Gasteiger partial charge in [-0.1, -0.05) is 35.5 Å². The third kappa shape index (κ3) is 5.08. The SMILES string of the molecule is O=C(Nc1ccc(Sc2ccccc2Cl)cc1)C1CCN(c2ncccn2)CC1. The molecule has 148 valence electrons. The van der Waals surface area contributed by atoms with Crippen LogP contribution in [-0.2, 0) is 4.79 Å². The van der Waals surface area contributed by atoms with Gasteiger partial charge in [-0.25, -0.2) is 9.97 Å². The van der Waals surface area contributed by atoms with Crippen LogP contribution in [0, 0.1) is 5.92 Å². The van der Waals surface area contributed by atoms with Crippen molar-refractivity contribution in [1.82, 2.24) is 9.97 Å². The lowest BCUT2D eigenvalue weighted by Gasteiger charge is -2.31. The van der Waals surface area contributed by atoms with Crippen LogP contribution in [0.1, 0.15) is 12.8 Å². The minimum Gasteiger partial charge on any atom is -0.341 e. The Morgan fingerprint density at radius 2 is 1.69 bits per heavy atom. The Morgan fingerprint density at radius 3 is 2.38 bits per heavy atom. The third-order valence-corrected chi connectivity index (χ3v) is 6.41. The van der Waals surface area contributed by atoms with E-state index in [0.717, 1.165) is 52.4 Å². The number of carbonyl (C=O) groups excluding carboxylic acids is 1. The molecule has 1 N–H and O–H groups in total. The molecule has 2 aromatic carbocycles. The number of hydrogen-bond donors (Lipinski definition) is 1. The zero-order valence-corrected chi connectivity index (χ0v) is 17.4. The van der Waals surface area contributed by atoms with E-state index in [1.165, 1.54) is 0 Å². The molecule has 5 nitrogen and oxygen atoms in total. The third-order valence-electron chi connectivity index (χ3n) is 4.89. The second-order valence-electron chi connectivity index (χ2n) is 6.86. The molecule has 7 heteroatoms. The molecule has 0 saturated carbocycles. The van der Waals surface area contributed by atoms with Crippen LogP contribution in [0.2, 0.25) is 5.02 Å². The van der Waals surface area contributed by atoms with Crippen LogP contribution in [0.25, 0.3) is 0 Å². The highest BCUT2D eigenvalue weighted by molar-refractivity contribution is 7.99. The minimum atomic E-state index is 0.00661. The quantitative estimate of drug-likeness (QED) is 0.614. The molecule has 1 saturated heterocycles. The van der Waals surface area contributed by atoms with Gasteiger partial charge in [-0.2, -0.15) is 0 Å². The molecule has 0 radical (unpaired) electrons. The van der Waals surface area contributed by atoms with Crippen LogP contribution in [-0.4, -0.2) is 29.0 Å². The average molecular weight is 425 g/mol. The van der Waals surface area contributed by atoms with E-state index in [2.05, 4.69) is 20.2 Å². The van der Waals surface area contributed by atoms with Crippen LogP contribution >= 0.6 is 23.4 Å². The van der Waals surface area contributed by atoms with Gasteiger partial charge in [0.05, 0.1) is 5.02 Å².